The molecule has 0 amide bonds. The smallest absolute Gasteiger partial charge is 0.339 e. The third kappa shape index (κ3) is 2.37. The molecule has 3 nitrogen and oxygen atoms in total. The van der Waals surface area contributed by atoms with Gasteiger partial charge in [-0.05, 0) is 25.8 Å². The van der Waals surface area contributed by atoms with Crippen LogP contribution >= 0.6 is 0 Å². The number of unbranched alkanes of at least 4 members (excludes halogenated alkanes) is 1. The molecule has 0 aromatic carbocycles. The van der Waals surface area contributed by atoms with Crippen molar-refractivity contribution in [1.82, 2.24) is 4.98 Å². The van der Waals surface area contributed by atoms with Gasteiger partial charge in [0.25, 0.3) is 0 Å². The van der Waals surface area contributed by atoms with E-state index >= 15 is 0 Å². The molecule has 1 heterocycles. The summed E-state index contributed by atoms with van der Waals surface area (Å²) in [6.07, 6.45) is 3.12. The van der Waals surface area contributed by atoms with Crippen LogP contribution in [0.4, 0.5) is 0 Å². The lowest BCUT2D eigenvalue weighted by Crippen LogP contribution is -2.03. The molecule has 1 aromatic rings. The van der Waals surface area contributed by atoms with Gasteiger partial charge in [0.1, 0.15) is 0 Å². The summed E-state index contributed by atoms with van der Waals surface area (Å²) in [5.41, 5.74) is 2.69. The van der Waals surface area contributed by atoms with Crippen molar-refractivity contribution >= 4 is 5.97 Å². The van der Waals surface area contributed by atoms with Crippen LogP contribution in [0.5, 0.6) is 0 Å². The minimum atomic E-state index is -0.250. The Labute approximate surface area is 84.5 Å². The molecule has 1 aromatic heterocycles. The average molecular weight is 195 g/mol. The molecule has 0 unspecified atom stereocenters. The second kappa shape index (κ2) is 4.84. The van der Waals surface area contributed by atoms with Gasteiger partial charge in [-0.15, -0.1) is 0 Å². The van der Waals surface area contributed by atoms with Gasteiger partial charge in [0.15, 0.2) is 0 Å². The Bertz CT molecular complexity index is 315. The van der Waals surface area contributed by atoms with E-state index in [0.717, 1.165) is 30.7 Å². The van der Waals surface area contributed by atoms with Crippen molar-refractivity contribution in [2.45, 2.75) is 33.1 Å². The number of methoxy groups -OCH3 is 1. The van der Waals surface area contributed by atoms with Crippen LogP contribution in [0.2, 0.25) is 0 Å². The molecule has 0 saturated carbocycles. The number of hydrogen-bond donors (Lipinski definition) is 1. The summed E-state index contributed by atoms with van der Waals surface area (Å²) < 4.78 is 4.71. The van der Waals surface area contributed by atoms with Crippen LogP contribution in [0.25, 0.3) is 0 Å². The summed E-state index contributed by atoms with van der Waals surface area (Å²) in [4.78, 5) is 14.6. The van der Waals surface area contributed by atoms with Gasteiger partial charge in [0.2, 0.25) is 0 Å². The van der Waals surface area contributed by atoms with Crippen molar-refractivity contribution in [3.63, 3.8) is 0 Å². The monoisotopic (exact) mass is 195 g/mol. The minimum Gasteiger partial charge on any atom is -0.465 e. The molecular weight excluding hydrogens is 178 g/mol. The first-order valence-corrected chi connectivity index (χ1v) is 4.95. The zero-order chi connectivity index (χ0) is 10.6. The zero-order valence-corrected chi connectivity index (χ0v) is 9.02. The Balaban J connectivity index is 2.85. The highest BCUT2D eigenvalue weighted by Crippen LogP contribution is 2.14. The van der Waals surface area contributed by atoms with E-state index in [-0.39, 0.29) is 5.97 Å². The number of carbonyl (C=O) groups is 1. The number of ether oxygens (including phenoxy) is 1. The zero-order valence-electron chi connectivity index (χ0n) is 9.02. The predicted molar refractivity (Wildman–Crippen MR) is 55.5 cm³/mol. The Morgan fingerprint density at radius 1 is 1.57 bits per heavy atom. The number of aromatic amines is 1. The molecule has 1 N–H and O–H groups in total. The van der Waals surface area contributed by atoms with Crippen LogP contribution in [0.15, 0.2) is 6.07 Å². The van der Waals surface area contributed by atoms with Gasteiger partial charge >= 0.3 is 5.97 Å². The first-order chi connectivity index (χ1) is 6.69. The maximum Gasteiger partial charge on any atom is 0.339 e. The van der Waals surface area contributed by atoms with Gasteiger partial charge in [0.05, 0.1) is 12.7 Å². The number of nitrogens with one attached hydrogen (secondary N) is 1. The Morgan fingerprint density at radius 2 is 2.29 bits per heavy atom. The molecule has 0 aliphatic heterocycles. The summed E-state index contributed by atoms with van der Waals surface area (Å²) in [5.74, 6) is -0.250. The van der Waals surface area contributed by atoms with Gasteiger partial charge in [-0.25, -0.2) is 4.79 Å². The van der Waals surface area contributed by atoms with Crippen LogP contribution < -0.4 is 0 Å². The van der Waals surface area contributed by atoms with E-state index in [1.165, 1.54) is 7.11 Å². The van der Waals surface area contributed by atoms with Crippen LogP contribution in [-0.2, 0) is 11.2 Å². The van der Waals surface area contributed by atoms with E-state index in [9.17, 15) is 4.79 Å². The van der Waals surface area contributed by atoms with Gasteiger partial charge in [0, 0.05) is 11.4 Å². The summed E-state index contributed by atoms with van der Waals surface area (Å²) in [5, 5.41) is 0. The minimum absolute atomic E-state index is 0.250. The molecule has 0 aliphatic rings. The van der Waals surface area contributed by atoms with E-state index in [0.29, 0.717) is 5.56 Å². The largest absolute Gasteiger partial charge is 0.465 e. The molecular formula is C11H17NO2. The summed E-state index contributed by atoms with van der Waals surface area (Å²) in [6, 6.07) is 1.84. The average Bonchev–Trinajstić information content (AvgIpc) is 2.55. The van der Waals surface area contributed by atoms with Crippen molar-refractivity contribution in [3.05, 3.63) is 23.0 Å². The Hall–Kier alpha value is -1.25. The molecule has 0 aliphatic carbocycles. The number of rotatable bonds is 4. The quantitative estimate of drug-likeness (QED) is 0.750. The second-order valence-electron chi connectivity index (χ2n) is 3.44. The van der Waals surface area contributed by atoms with Gasteiger partial charge in [-0.3, -0.25) is 0 Å². The summed E-state index contributed by atoms with van der Waals surface area (Å²) >= 11 is 0. The molecule has 1 rings (SSSR count). The molecule has 78 valence electrons. The number of carbonyl (C=O) groups excluding carboxylic acids is 1. The third-order valence-corrected chi connectivity index (χ3v) is 2.22. The maximum atomic E-state index is 11.4. The van der Waals surface area contributed by atoms with E-state index in [4.69, 9.17) is 4.74 Å². The normalized spacial score (nSPS) is 10.2. The van der Waals surface area contributed by atoms with Crippen LogP contribution in [0, 0.1) is 6.92 Å². The third-order valence-electron chi connectivity index (χ3n) is 2.22. The number of hydrogen-bond acceptors (Lipinski definition) is 2. The lowest BCUT2D eigenvalue weighted by atomic mass is 10.1. The van der Waals surface area contributed by atoms with Crippen molar-refractivity contribution in [2.24, 2.45) is 0 Å². The Kier molecular flexibility index (Phi) is 3.74. The predicted octanol–water partition coefficient (Wildman–Crippen LogP) is 2.45. The fourth-order valence-electron chi connectivity index (χ4n) is 1.49. The molecule has 0 fully saturated rings. The van der Waals surface area contributed by atoms with Crippen molar-refractivity contribution in [2.75, 3.05) is 7.11 Å². The number of aryl methyl sites for hydroxylation is 2. The van der Waals surface area contributed by atoms with Crippen molar-refractivity contribution < 1.29 is 9.53 Å². The van der Waals surface area contributed by atoms with Gasteiger partial charge < -0.3 is 9.72 Å². The Morgan fingerprint density at radius 3 is 2.86 bits per heavy atom. The topological polar surface area (TPSA) is 42.1 Å². The SMILES string of the molecule is CCCCc1[nH]c(C)cc1C(=O)OC. The fraction of sp³-hybridized carbons (Fsp3) is 0.545. The fourth-order valence-corrected chi connectivity index (χ4v) is 1.49. The first-order valence-electron chi connectivity index (χ1n) is 4.95. The first kappa shape index (κ1) is 10.8. The highest BCUT2D eigenvalue weighted by molar-refractivity contribution is 5.90. The highest BCUT2D eigenvalue weighted by Gasteiger charge is 2.13. The van der Waals surface area contributed by atoms with E-state index < -0.39 is 0 Å². The number of esters is 1. The second-order valence-corrected chi connectivity index (χ2v) is 3.44. The van der Waals surface area contributed by atoms with E-state index in [1.54, 1.807) is 0 Å². The molecule has 3 heteroatoms. The van der Waals surface area contributed by atoms with E-state index in [1.807, 2.05) is 13.0 Å². The van der Waals surface area contributed by atoms with E-state index in [2.05, 4.69) is 11.9 Å². The highest BCUT2D eigenvalue weighted by atomic mass is 16.5. The molecule has 0 bridgehead atoms. The molecule has 0 radical (unpaired) electrons. The molecule has 0 spiro atoms. The van der Waals surface area contributed by atoms with Crippen molar-refractivity contribution in [1.29, 1.82) is 0 Å². The maximum absolute atomic E-state index is 11.4. The molecule has 0 atom stereocenters. The number of H-pyrrole nitrogens is 1. The van der Waals surface area contributed by atoms with Crippen molar-refractivity contribution in [3.8, 4) is 0 Å². The lowest BCUT2D eigenvalue weighted by molar-refractivity contribution is 0.0599. The lowest BCUT2D eigenvalue weighted by Gasteiger charge is -2.00. The van der Waals surface area contributed by atoms with Gasteiger partial charge in [-0.1, -0.05) is 13.3 Å². The van der Waals surface area contributed by atoms with Crippen LogP contribution in [0.1, 0.15) is 41.5 Å². The summed E-state index contributed by atoms with van der Waals surface area (Å²) in [6.45, 7) is 4.08. The standard InChI is InChI=1S/C11H17NO2/c1-4-5-6-10-9(11(13)14-3)7-8(2)12-10/h7,12H,4-6H2,1-3H3. The molecule has 0 saturated heterocycles. The van der Waals surface area contributed by atoms with Gasteiger partial charge in [-0.2, -0.15) is 0 Å². The summed E-state index contributed by atoms with van der Waals surface area (Å²) in [7, 11) is 1.41. The number of aromatic nitrogens is 1. The molecule has 14 heavy (non-hydrogen) atoms. The van der Waals surface area contributed by atoms with Crippen LogP contribution in [-0.4, -0.2) is 18.1 Å². The van der Waals surface area contributed by atoms with Crippen LogP contribution in [0.3, 0.4) is 0 Å².